The first-order valence-corrected chi connectivity index (χ1v) is 7.35. The highest BCUT2D eigenvalue weighted by Gasteiger charge is 2.88. The fraction of sp³-hybridized carbons (Fsp3) is 0.636. The Kier molecular flexibility index (Phi) is 3.28. The highest BCUT2D eigenvalue weighted by molar-refractivity contribution is 6.53. The summed E-state index contributed by atoms with van der Waals surface area (Å²) in [7, 11) is 0. The molecule has 1 saturated carbocycles. The zero-order valence-electron chi connectivity index (χ0n) is 10.1. The van der Waals surface area contributed by atoms with E-state index in [9.17, 15) is 19.8 Å². The van der Waals surface area contributed by atoms with Crippen LogP contribution >= 0.6 is 46.4 Å². The maximum Gasteiger partial charge on any atom is 0.309 e. The van der Waals surface area contributed by atoms with E-state index < -0.39 is 39.3 Å². The summed E-state index contributed by atoms with van der Waals surface area (Å²) in [5, 5.41) is 18.4. The average molecular weight is 378 g/mol. The molecule has 2 N–H and O–H groups in total. The number of rotatable bonds is 2. The molecule has 116 valence electrons. The monoisotopic (exact) mass is 376 g/mol. The Labute approximate surface area is 138 Å². The van der Waals surface area contributed by atoms with Crippen molar-refractivity contribution in [3.05, 3.63) is 10.1 Å². The van der Waals surface area contributed by atoms with Gasteiger partial charge in [-0.25, -0.2) is 0 Å². The van der Waals surface area contributed by atoms with E-state index in [1.54, 1.807) is 0 Å². The second-order valence-electron chi connectivity index (χ2n) is 5.00. The Hall–Kier alpha value is -0.240. The summed E-state index contributed by atoms with van der Waals surface area (Å²) >= 11 is 25.1. The summed E-state index contributed by atoms with van der Waals surface area (Å²) in [6.07, 6.45) is 0. The van der Waals surface area contributed by atoms with Gasteiger partial charge in [-0.3, -0.25) is 9.59 Å². The van der Waals surface area contributed by atoms with Crippen molar-refractivity contribution >= 4 is 58.3 Å². The lowest BCUT2D eigenvalue weighted by atomic mass is 9.82. The normalized spacial score (nSPS) is 43.8. The van der Waals surface area contributed by atoms with Gasteiger partial charge in [0, 0.05) is 0 Å². The third kappa shape index (κ3) is 1.40. The number of carboxylic acid groups (broad SMARTS) is 2. The van der Waals surface area contributed by atoms with E-state index in [-0.39, 0.29) is 23.3 Å². The summed E-state index contributed by atoms with van der Waals surface area (Å²) in [5.41, 5.74) is 0. The van der Waals surface area contributed by atoms with Crippen LogP contribution in [0.3, 0.4) is 0 Å². The quantitative estimate of drug-likeness (QED) is 0.713. The minimum absolute atomic E-state index is 0.0654. The van der Waals surface area contributed by atoms with Crippen molar-refractivity contribution in [2.75, 3.05) is 13.2 Å². The molecule has 1 heterocycles. The molecule has 1 saturated heterocycles. The van der Waals surface area contributed by atoms with Crippen molar-refractivity contribution in [1.29, 1.82) is 0 Å². The Morgan fingerprint density at radius 3 is 1.57 bits per heavy atom. The van der Waals surface area contributed by atoms with Crippen LogP contribution < -0.4 is 0 Å². The Balaban J connectivity index is 2.35. The standard InChI is InChI=1S/C11H8Cl4O6/c12-5-6(13)10(15)4(8(18)19)3(7(16)17)9(5,14)11(10)20-1-2-21-11/h3-4H,1-2H2,(H,16,17)(H,18,19)/t3-,4-,9+,10+/m0/s1. The molecule has 0 aromatic rings. The SMILES string of the molecule is O=C(O)[C@@H]1[C@@H](C(=O)O)[C@@]2(Cl)C(Cl)=C(Cl)[C@@]1(Cl)C21OCCO1. The number of aliphatic carboxylic acids is 2. The molecule has 10 heteroatoms. The average Bonchev–Trinajstić information content (AvgIpc) is 2.98. The van der Waals surface area contributed by atoms with Crippen LogP contribution in [-0.2, 0) is 19.1 Å². The largest absolute Gasteiger partial charge is 0.481 e. The number of carboxylic acids is 2. The van der Waals surface area contributed by atoms with Gasteiger partial charge in [0.05, 0.1) is 23.3 Å². The molecule has 2 aliphatic carbocycles. The van der Waals surface area contributed by atoms with E-state index in [4.69, 9.17) is 55.9 Å². The lowest BCUT2D eigenvalue weighted by Gasteiger charge is -2.38. The first-order valence-electron chi connectivity index (χ1n) is 5.84. The minimum atomic E-state index is -2.00. The highest BCUT2D eigenvalue weighted by Crippen LogP contribution is 2.74. The van der Waals surface area contributed by atoms with Crippen molar-refractivity contribution in [3.63, 3.8) is 0 Å². The molecule has 2 fully saturated rings. The minimum Gasteiger partial charge on any atom is -0.481 e. The predicted molar refractivity (Wildman–Crippen MR) is 72.8 cm³/mol. The lowest BCUT2D eigenvalue weighted by Crippen LogP contribution is -2.56. The smallest absolute Gasteiger partial charge is 0.309 e. The fourth-order valence-electron chi connectivity index (χ4n) is 3.47. The van der Waals surface area contributed by atoms with Crippen molar-refractivity contribution in [3.8, 4) is 0 Å². The molecule has 3 aliphatic rings. The molecular formula is C11H8Cl4O6. The fourth-order valence-corrected chi connectivity index (χ4v) is 5.54. The predicted octanol–water partition coefficient (Wildman–Crippen LogP) is 1.80. The molecule has 1 spiro atoms. The topological polar surface area (TPSA) is 93.1 Å². The number of hydrogen-bond acceptors (Lipinski definition) is 4. The van der Waals surface area contributed by atoms with E-state index in [0.29, 0.717) is 0 Å². The molecule has 0 aromatic carbocycles. The molecule has 0 amide bonds. The van der Waals surface area contributed by atoms with Gasteiger partial charge in [0.1, 0.15) is 11.8 Å². The molecule has 0 aromatic heterocycles. The molecule has 4 atom stereocenters. The molecular weight excluding hydrogens is 370 g/mol. The third-order valence-corrected chi connectivity index (χ3v) is 6.82. The van der Waals surface area contributed by atoms with Gasteiger partial charge in [0.25, 0.3) is 0 Å². The van der Waals surface area contributed by atoms with Crippen molar-refractivity contribution < 1.29 is 29.3 Å². The third-order valence-electron chi connectivity index (χ3n) is 4.21. The van der Waals surface area contributed by atoms with Crippen LogP contribution in [0.4, 0.5) is 0 Å². The van der Waals surface area contributed by atoms with Crippen molar-refractivity contribution in [2.24, 2.45) is 11.8 Å². The van der Waals surface area contributed by atoms with Gasteiger partial charge in [-0.05, 0) is 0 Å². The summed E-state index contributed by atoms with van der Waals surface area (Å²) in [6, 6.07) is 0. The maximum absolute atomic E-state index is 11.6. The summed E-state index contributed by atoms with van der Waals surface area (Å²) in [4.78, 5) is 19.2. The Morgan fingerprint density at radius 1 is 0.952 bits per heavy atom. The summed E-state index contributed by atoms with van der Waals surface area (Å²) < 4.78 is 10.9. The number of alkyl halides is 2. The molecule has 0 radical (unpaired) electrons. The van der Waals surface area contributed by atoms with Gasteiger partial charge in [-0.2, -0.15) is 0 Å². The number of halogens is 4. The van der Waals surface area contributed by atoms with Gasteiger partial charge < -0.3 is 19.7 Å². The zero-order valence-corrected chi connectivity index (χ0v) is 13.1. The van der Waals surface area contributed by atoms with E-state index in [1.165, 1.54) is 0 Å². The molecule has 21 heavy (non-hydrogen) atoms. The van der Waals surface area contributed by atoms with Gasteiger partial charge in [-0.15, -0.1) is 23.2 Å². The summed E-state index contributed by atoms with van der Waals surface area (Å²) in [6.45, 7) is 0.131. The van der Waals surface area contributed by atoms with Crippen LogP contribution in [0.2, 0.25) is 0 Å². The maximum atomic E-state index is 11.6. The summed E-state index contributed by atoms with van der Waals surface area (Å²) in [5.74, 6) is -8.17. The second kappa shape index (κ2) is 4.40. The molecule has 6 nitrogen and oxygen atoms in total. The van der Waals surface area contributed by atoms with Crippen LogP contribution in [0.25, 0.3) is 0 Å². The number of ether oxygens (including phenoxy) is 2. The van der Waals surface area contributed by atoms with E-state index >= 15 is 0 Å². The first-order chi connectivity index (χ1) is 9.66. The molecule has 0 unspecified atom stereocenters. The van der Waals surface area contributed by atoms with Crippen LogP contribution in [0.5, 0.6) is 0 Å². The molecule has 2 bridgehead atoms. The highest BCUT2D eigenvalue weighted by atomic mass is 35.5. The van der Waals surface area contributed by atoms with E-state index in [1.807, 2.05) is 0 Å². The number of hydrogen-bond donors (Lipinski definition) is 2. The van der Waals surface area contributed by atoms with Crippen LogP contribution in [0, 0.1) is 11.8 Å². The van der Waals surface area contributed by atoms with Gasteiger partial charge in [-0.1, -0.05) is 23.2 Å². The Morgan fingerprint density at radius 2 is 1.29 bits per heavy atom. The Bertz CT molecular complexity index is 541. The van der Waals surface area contributed by atoms with Gasteiger partial charge >= 0.3 is 11.9 Å². The van der Waals surface area contributed by atoms with E-state index in [2.05, 4.69) is 0 Å². The van der Waals surface area contributed by atoms with Crippen molar-refractivity contribution in [2.45, 2.75) is 15.5 Å². The van der Waals surface area contributed by atoms with E-state index in [0.717, 1.165) is 0 Å². The van der Waals surface area contributed by atoms with Crippen LogP contribution in [0.1, 0.15) is 0 Å². The van der Waals surface area contributed by atoms with Crippen LogP contribution in [0.15, 0.2) is 10.1 Å². The lowest BCUT2D eigenvalue weighted by molar-refractivity contribution is -0.177. The van der Waals surface area contributed by atoms with Gasteiger partial charge in [0.2, 0.25) is 5.79 Å². The van der Waals surface area contributed by atoms with Gasteiger partial charge in [0.15, 0.2) is 9.75 Å². The molecule has 1 aliphatic heterocycles. The second-order valence-corrected chi connectivity index (χ2v) is 6.95. The van der Waals surface area contributed by atoms with Crippen LogP contribution in [-0.4, -0.2) is 50.9 Å². The van der Waals surface area contributed by atoms with Crippen molar-refractivity contribution in [1.82, 2.24) is 0 Å². The molecule has 3 rings (SSSR count). The first kappa shape index (κ1) is 15.6. The zero-order chi connectivity index (χ0) is 15.8. The number of carbonyl (C=O) groups is 2.